The number of carbonyl (C=O) groups is 2. The largest absolute Gasteiger partial charge is 0.327 e. The summed E-state index contributed by atoms with van der Waals surface area (Å²) in [5, 5.41) is 2.76. The summed E-state index contributed by atoms with van der Waals surface area (Å²) in [6, 6.07) is 6.69. The summed E-state index contributed by atoms with van der Waals surface area (Å²) < 4.78 is 0. The number of Topliss-reactive ketones (excluding diaryl/α,β-unsaturated/α-hetero) is 1. The van der Waals surface area contributed by atoms with Gasteiger partial charge in [-0.05, 0) is 37.1 Å². The second-order valence-electron chi connectivity index (χ2n) is 4.79. The van der Waals surface area contributed by atoms with Gasteiger partial charge in [-0.2, -0.15) is 0 Å². The maximum absolute atomic E-state index is 11.7. The van der Waals surface area contributed by atoms with Crippen molar-refractivity contribution in [1.82, 2.24) is 0 Å². The van der Waals surface area contributed by atoms with Crippen LogP contribution in [0.4, 0.5) is 5.69 Å². The molecule has 0 radical (unpaired) electrons. The van der Waals surface area contributed by atoms with E-state index in [0.29, 0.717) is 17.7 Å². The van der Waals surface area contributed by atoms with E-state index in [1.54, 1.807) is 24.3 Å². The van der Waals surface area contributed by atoms with Gasteiger partial charge in [0.1, 0.15) is 0 Å². The average Bonchev–Trinajstić information content (AvgIpc) is 2.29. The van der Waals surface area contributed by atoms with Gasteiger partial charge in [0, 0.05) is 23.7 Å². The molecule has 0 saturated carbocycles. The fraction of sp³-hybridized carbons (Fsp3) is 0.429. The Morgan fingerprint density at radius 3 is 2.22 bits per heavy atom. The van der Waals surface area contributed by atoms with Gasteiger partial charge in [0.05, 0.1) is 0 Å². The van der Waals surface area contributed by atoms with E-state index in [4.69, 9.17) is 5.73 Å². The highest BCUT2D eigenvalue weighted by molar-refractivity contribution is 5.95. The average molecular weight is 248 g/mol. The molecule has 0 saturated heterocycles. The monoisotopic (exact) mass is 248 g/mol. The van der Waals surface area contributed by atoms with Crippen LogP contribution in [0.15, 0.2) is 24.3 Å². The predicted molar refractivity (Wildman–Crippen MR) is 72.5 cm³/mol. The third-order valence-corrected chi connectivity index (χ3v) is 2.85. The zero-order valence-corrected chi connectivity index (χ0v) is 11.1. The minimum atomic E-state index is -0.138. The van der Waals surface area contributed by atoms with Gasteiger partial charge in [-0.15, -0.1) is 0 Å². The molecule has 1 aromatic rings. The summed E-state index contributed by atoms with van der Waals surface area (Å²) in [6.07, 6.45) is 0.298. The topological polar surface area (TPSA) is 72.2 Å². The smallest absolute Gasteiger partial charge is 0.225 e. The van der Waals surface area contributed by atoms with Crippen molar-refractivity contribution in [2.24, 2.45) is 11.7 Å². The van der Waals surface area contributed by atoms with Crippen LogP contribution in [-0.2, 0) is 4.79 Å². The van der Waals surface area contributed by atoms with Gasteiger partial charge in [0.15, 0.2) is 5.78 Å². The molecule has 0 aliphatic heterocycles. The lowest BCUT2D eigenvalue weighted by molar-refractivity contribution is -0.116. The molecule has 0 aliphatic rings. The first-order chi connectivity index (χ1) is 8.40. The highest BCUT2D eigenvalue weighted by Crippen LogP contribution is 2.11. The summed E-state index contributed by atoms with van der Waals surface area (Å²) in [5.74, 6) is 0.178. The molecule has 0 aromatic heterocycles. The molecule has 4 nitrogen and oxygen atoms in total. The van der Waals surface area contributed by atoms with Crippen molar-refractivity contribution < 1.29 is 9.59 Å². The summed E-state index contributed by atoms with van der Waals surface area (Å²) in [6.45, 7) is 5.48. The molecule has 0 bridgehead atoms. The standard InChI is InChI=1S/C14H20N2O2/c1-9(2)13(15)8-14(18)16-12-6-4-11(5-7-12)10(3)17/h4-7,9,13H,8,15H2,1-3H3,(H,16,18). The second kappa shape index (κ2) is 6.31. The van der Waals surface area contributed by atoms with Gasteiger partial charge in [0.25, 0.3) is 0 Å². The van der Waals surface area contributed by atoms with Crippen LogP contribution in [0.1, 0.15) is 37.6 Å². The first-order valence-electron chi connectivity index (χ1n) is 6.06. The van der Waals surface area contributed by atoms with Crippen LogP contribution in [0.25, 0.3) is 0 Å². The molecule has 18 heavy (non-hydrogen) atoms. The van der Waals surface area contributed by atoms with Crippen molar-refractivity contribution in [3.8, 4) is 0 Å². The summed E-state index contributed by atoms with van der Waals surface area (Å²) >= 11 is 0. The minimum absolute atomic E-state index is 0.00899. The van der Waals surface area contributed by atoms with E-state index < -0.39 is 0 Å². The fourth-order valence-electron chi connectivity index (χ4n) is 1.45. The van der Waals surface area contributed by atoms with Gasteiger partial charge in [-0.1, -0.05) is 13.8 Å². The van der Waals surface area contributed by atoms with Crippen molar-refractivity contribution in [2.75, 3.05) is 5.32 Å². The third-order valence-electron chi connectivity index (χ3n) is 2.85. The van der Waals surface area contributed by atoms with Crippen molar-refractivity contribution in [3.63, 3.8) is 0 Å². The van der Waals surface area contributed by atoms with Gasteiger partial charge in [-0.25, -0.2) is 0 Å². The predicted octanol–water partition coefficient (Wildman–Crippen LogP) is 2.20. The number of ketones is 1. The van der Waals surface area contributed by atoms with Crippen LogP contribution < -0.4 is 11.1 Å². The molecule has 0 heterocycles. The van der Waals surface area contributed by atoms with E-state index in [2.05, 4.69) is 5.32 Å². The fourth-order valence-corrected chi connectivity index (χ4v) is 1.45. The Hall–Kier alpha value is -1.68. The molecule has 1 aromatic carbocycles. The summed E-state index contributed by atoms with van der Waals surface area (Å²) in [5.41, 5.74) is 7.14. The maximum atomic E-state index is 11.7. The molecular formula is C14H20N2O2. The molecule has 4 heteroatoms. The van der Waals surface area contributed by atoms with E-state index >= 15 is 0 Å². The van der Waals surface area contributed by atoms with E-state index in [1.807, 2.05) is 13.8 Å². The van der Waals surface area contributed by atoms with Crippen LogP contribution in [0.2, 0.25) is 0 Å². The Bertz CT molecular complexity index is 424. The van der Waals surface area contributed by atoms with E-state index in [0.717, 1.165) is 0 Å². The highest BCUT2D eigenvalue weighted by Gasteiger charge is 2.13. The Morgan fingerprint density at radius 1 is 1.22 bits per heavy atom. The second-order valence-corrected chi connectivity index (χ2v) is 4.79. The zero-order valence-electron chi connectivity index (χ0n) is 11.1. The molecule has 0 spiro atoms. The summed E-state index contributed by atoms with van der Waals surface area (Å²) in [4.78, 5) is 22.8. The Labute approximate surface area is 108 Å². The van der Waals surface area contributed by atoms with Crippen LogP contribution >= 0.6 is 0 Å². The number of carbonyl (C=O) groups excluding carboxylic acids is 2. The van der Waals surface area contributed by atoms with E-state index in [1.165, 1.54) is 6.92 Å². The molecule has 1 atom stereocenters. The number of hydrogen-bond donors (Lipinski definition) is 2. The van der Waals surface area contributed by atoms with Gasteiger partial charge >= 0.3 is 0 Å². The maximum Gasteiger partial charge on any atom is 0.225 e. The number of anilines is 1. The lowest BCUT2D eigenvalue weighted by Gasteiger charge is -2.15. The van der Waals surface area contributed by atoms with Crippen molar-refractivity contribution in [1.29, 1.82) is 0 Å². The normalized spacial score (nSPS) is 12.3. The van der Waals surface area contributed by atoms with Gasteiger partial charge in [0.2, 0.25) is 5.91 Å². The van der Waals surface area contributed by atoms with Crippen LogP contribution in [-0.4, -0.2) is 17.7 Å². The number of nitrogens with one attached hydrogen (secondary N) is 1. The lowest BCUT2D eigenvalue weighted by Crippen LogP contribution is -2.31. The highest BCUT2D eigenvalue weighted by atomic mass is 16.1. The first-order valence-corrected chi connectivity index (χ1v) is 6.06. The molecule has 0 aliphatic carbocycles. The third kappa shape index (κ3) is 4.30. The summed E-state index contributed by atoms with van der Waals surface area (Å²) in [7, 11) is 0. The number of benzene rings is 1. The van der Waals surface area contributed by atoms with Crippen molar-refractivity contribution >= 4 is 17.4 Å². The SMILES string of the molecule is CC(=O)c1ccc(NC(=O)CC(N)C(C)C)cc1. The Kier molecular flexibility index (Phi) is 5.04. The Morgan fingerprint density at radius 2 is 1.78 bits per heavy atom. The first kappa shape index (κ1) is 14.4. The molecule has 1 amide bonds. The van der Waals surface area contributed by atoms with Crippen LogP contribution in [0.3, 0.4) is 0 Å². The number of nitrogens with two attached hydrogens (primary N) is 1. The Balaban J connectivity index is 2.57. The lowest BCUT2D eigenvalue weighted by atomic mass is 10.0. The van der Waals surface area contributed by atoms with Crippen molar-refractivity contribution in [3.05, 3.63) is 29.8 Å². The van der Waals surface area contributed by atoms with E-state index in [9.17, 15) is 9.59 Å². The molecule has 98 valence electrons. The molecule has 0 fully saturated rings. The number of amides is 1. The molecular weight excluding hydrogens is 228 g/mol. The van der Waals surface area contributed by atoms with E-state index in [-0.39, 0.29) is 23.7 Å². The van der Waals surface area contributed by atoms with Crippen LogP contribution in [0, 0.1) is 5.92 Å². The quantitative estimate of drug-likeness (QED) is 0.785. The zero-order chi connectivity index (χ0) is 13.7. The molecule has 1 rings (SSSR count). The van der Waals surface area contributed by atoms with Crippen LogP contribution in [0.5, 0.6) is 0 Å². The number of hydrogen-bond acceptors (Lipinski definition) is 3. The molecule has 1 unspecified atom stereocenters. The molecule has 3 N–H and O–H groups in total. The minimum Gasteiger partial charge on any atom is -0.327 e. The van der Waals surface area contributed by atoms with Crippen molar-refractivity contribution in [2.45, 2.75) is 33.2 Å². The number of rotatable bonds is 5. The van der Waals surface area contributed by atoms with Gasteiger partial charge < -0.3 is 11.1 Å². The van der Waals surface area contributed by atoms with Gasteiger partial charge in [-0.3, -0.25) is 9.59 Å².